The van der Waals surface area contributed by atoms with Gasteiger partial charge >= 0.3 is 5.97 Å². The van der Waals surface area contributed by atoms with Crippen molar-refractivity contribution >= 4 is 28.9 Å². The minimum absolute atomic E-state index is 0.176. The number of rotatable bonds is 7. The van der Waals surface area contributed by atoms with E-state index in [1.54, 1.807) is 12.1 Å². The number of allylic oxidation sites excluding steroid dienone is 1. The Labute approximate surface area is 184 Å². The Hall–Kier alpha value is -3.77. The van der Waals surface area contributed by atoms with E-state index in [4.69, 9.17) is 5.11 Å². The highest BCUT2D eigenvalue weighted by Crippen LogP contribution is 2.36. The smallest absolute Gasteiger partial charge is 0.328 e. The van der Waals surface area contributed by atoms with Gasteiger partial charge in [0.25, 0.3) is 0 Å². The number of alkyl halides is 1. The number of halogens is 2. The van der Waals surface area contributed by atoms with Crippen LogP contribution in [0.25, 0.3) is 17.2 Å². The van der Waals surface area contributed by atoms with E-state index in [0.717, 1.165) is 50.7 Å². The first-order valence-corrected chi connectivity index (χ1v) is 10.2. The van der Waals surface area contributed by atoms with Crippen molar-refractivity contribution in [2.24, 2.45) is 0 Å². The maximum Gasteiger partial charge on any atom is 0.328 e. The van der Waals surface area contributed by atoms with Crippen molar-refractivity contribution in [2.75, 3.05) is 12.1 Å². The van der Waals surface area contributed by atoms with E-state index < -0.39 is 12.6 Å². The van der Waals surface area contributed by atoms with E-state index in [1.807, 2.05) is 36.4 Å². The number of hydrogen-bond donors (Lipinski definition) is 3. The van der Waals surface area contributed by atoms with Gasteiger partial charge in [0.15, 0.2) is 0 Å². The molecule has 4 rings (SSSR count). The molecule has 1 aliphatic heterocycles. The summed E-state index contributed by atoms with van der Waals surface area (Å²) in [5.74, 6) is -1.37. The van der Waals surface area contributed by atoms with Crippen LogP contribution in [0.15, 0.2) is 72.8 Å². The molecule has 0 aliphatic carbocycles. The predicted octanol–water partition coefficient (Wildman–Crippen LogP) is 5.67. The monoisotopic (exact) mass is 432 g/mol. The number of carbonyl (C=O) groups is 1. The standard InChI is InChI=1S/C26H22F2N2O2/c27-14-13-23(18-6-9-22(28)10-7-18)26(20-8-11-24-21(15-20)16-29-30-24)19-4-1-17(2-5-19)3-12-25(31)32/h1-12,15,29-30H,13-14,16H2,(H,31,32)/b12-3+,26-23+. The number of carboxylic acids is 1. The summed E-state index contributed by atoms with van der Waals surface area (Å²) in [6, 6.07) is 19.5. The third kappa shape index (κ3) is 4.76. The maximum atomic E-state index is 13.7. The first-order chi connectivity index (χ1) is 15.5. The van der Waals surface area contributed by atoms with Gasteiger partial charge in [-0.05, 0) is 69.3 Å². The summed E-state index contributed by atoms with van der Waals surface area (Å²) in [5.41, 5.74) is 13.2. The first-order valence-electron chi connectivity index (χ1n) is 10.2. The fraction of sp³-hybridized carbons (Fsp3) is 0.115. The van der Waals surface area contributed by atoms with Crippen molar-refractivity contribution in [3.05, 3.63) is 106 Å². The van der Waals surface area contributed by atoms with Crippen molar-refractivity contribution in [1.29, 1.82) is 0 Å². The molecule has 3 aromatic carbocycles. The Balaban J connectivity index is 1.88. The van der Waals surface area contributed by atoms with Crippen molar-refractivity contribution < 1.29 is 18.7 Å². The minimum Gasteiger partial charge on any atom is -0.478 e. The molecule has 3 aromatic rings. The van der Waals surface area contributed by atoms with Gasteiger partial charge in [0.05, 0.1) is 12.4 Å². The van der Waals surface area contributed by atoms with E-state index in [1.165, 1.54) is 18.2 Å². The third-order valence-electron chi connectivity index (χ3n) is 5.35. The zero-order valence-electron chi connectivity index (χ0n) is 17.2. The average Bonchev–Trinajstić information content (AvgIpc) is 3.27. The first kappa shape index (κ1) is 21.5. The molecule has 0 fully saturated rings. The van der Waals surface area contributed by atoms with Crippen LogP contribution in [0.4, 0.5) is 14.5 Å². The Bertz CT molecular complexity index is 1180. The molecule has 0 spiro atoms. The molecule has 32 heavy (non-hydrogen) atoms. The molecule has 0 radical (unpaired) electrons. The SMILES string of the molecule is O=C(O)/C=C/c1ccc(/C(=C(/CCF)c2ccc(F)cc2)c2ccc3c(c2)CNN3)cc1. The van der Waals surface area contributed by atoms with Gasteiger partial charge in [-0.25, -0.2) is 14.6 Å². The number of aliphatic carboxylic acids is 1. The number of nitrogens with one attached hydrogen (secondary N) is 2. The second-order valence-corrected chi connectivity index (χ2v) is 7.44. The lowest BCUT2D eigenvalue weighted by molar-refractivity contribution is -0.131. The Morgan fingerprint density at radius 1 is 0.969 bits per heavy atom. The Morgan fingerprint density at radius 2 is 1.66 bits per heavy atom. The summed E-state index contributed by atoms with van der Waals surface area (Å²) < 4.78 is 27.2. The van der Waals surface area contributed by atoms with Crippen molar-refractivity contribution in [3.8, 4) is 0 Å². The summed E-state index contributed by atoms with van der Waals surface area (Å²) in [6.45, 7) is 0.119. The molecule has 0 bridgehead atoms. The molecule has 6 heteroatoms. The fourth-order valence-corrected chi connectivity index (χ4v) is 3.85. The lowest BCUT2D eigenvalue weighted by Gasteiger charge is -2.17. The van der Waals surface area contributed by atoms with Gasteiger partial charge in [0.1, 0.15) is 5.82 Å². The molecular formula is C26H22F2N2O2. The van der Waals surface area contributed by atoms with Gasteiger partial charge in [0.2, 0.25) is 0 Å². The van der Waals surface area contributed by atoms with Crippen LogP contribution in [0.5, 0.6) is 0 Å². The molecule has 3 N–H and O–H groups in total. The van der Waals surface area contributed by atoms with Crippen LogP contribution in [0.3, 0.4) is 0 Å². The van der Waals surface area contributed by atoms with E-state index >= 15 is 0 Å². The second-order valence-electron chi connectivity index (χ2n) is 7.44. The molecule has 0 atom stereocenters. The molecular weight excluding hydrogens is 410 g/mol. The molecule has 0 saturated heterocycles. The zero-order valence-corrected chi connectivity index (χ0v) is 17.2. The van der Waals surface area contributed by atoms with Crippen LogP contribution < -0.4 is 10.9 Å². The lowest BCUT2D eigenvalue weighted by atomic mass is 9.87. The van der Waals surface area contributed by atoms with Crippen molar-refractivity contribution in [2.45, 2.75) is 13.0 Å². The van der Waals surface area contributed by atoms with E-state index in [-0.39, 0.29) is 12.2 Å². The molecule has 1 aliphatic rings. The zero-order chi connectivity index (χ0) is 22.5. The fourth-order valence-electron chi connectivity index (χ4n) is 3.85. The molecule has 0 unspecified atom stereocenters. The van der Waals surface area contributed by atoms with Crippen LogP contribution in [0.2, 0.25) is 0 Å². The van der Waals surface area contributed by atoms with Crippen LogP contribution in [-0.4, -0.2) is 17.8 Å². The van der Waals surface area contributed by atoms with Crippen LogP contribution >= 0.6 is 0 Å². The van der Waals surface area contributed by atoms with Gasteiger partial charge in [-0.1, -0.05) is 42.5 Å². The summed E-state index contributed by atoms with van der Waals surface area (Å²) in [4.78, 5) is 10.8. The Kier molecular flexibility index (Phi) is 6.42. The van der Waals surface area contributed by atoms with E-state index in [9.17, 15) is 13.6 Å². The average molecular weight is 432 g/mol. The van der Waals surface area contributed by atoms with E-state index in [2.05, 4.69) is 16.9 Å². The maximum absolute atomic E-state index is 13.7. The van der Waals surface area contributed by atoms with Gasteiger partial charge in [-0.3, -0.25) is 4.39 Å². The lowest BCUT2D eigenvalue weighted by Crippen LogP contribution is -2.10. The normalized spacial score (nSPS) is 13.6. The van der Waals surface area contributed by atoms with Crippen LogP contribution in [0.1, 0.15) is 34.2 Å². The largest absolute Gasteiger partial charge is 0.478 e. The minimum atomic E-state index is -1.02. The number of fused-ring (bicyclic) bond motifs is 1. The topological polar surface area (TPSA) is 61.4 Å². The van der Waals surface area contributed by atoms with Gasteiger partial charge in [-0.15, -0.1) is 0 Å². The number of hydrogen-bond acceptors (Lipinski definition) is 3. The van der Waals surface area contributed by atoms with Gasteiger partial charge in [-0.2, -0.15) is 0 Å². The van der Waals surface area contributed by atoms with Crippen molar-refractivity contribution in [3.63, 3.8) is 0 Å². The van der Waals surface area contributed by atoms with Crippen LogP contribution in [0, 0.1) is 5.82 Å². The quantitative estimate of drug-likeness (QED) is 0.332. The van der Waals surface area contributed by atoms with Gasteiger partial charge in [0, 0.05) is 19.0 Å². The molecule has 0 aromatic heterocycles. The molecule has 0 amide bonds. The van der Waals surface area contributed by atoms with Crippen molar-refractivity contribution in [1.82, 2.24) is 5.43 Å². The summed E-state index contributed by atoms with van der Waals surface area (Å²) >= 11 is 0. The van der Waals surface area contributed by atoms with Crippen LogP contribution in [-0.2, 0) is 11.3 Å². The molecule has 0 saturated carbocycles. The molecule has 1 heterocycles. The third-order valence-corrected chi connectivity index (χ3v) is 5.35. The molecule has 162 valence electrons. The van der Waals surface area contributed by atoms with E-state index in [0.29, 0.717) is 6.54 Å². The number of anilines is 1. The highest BCUT2D eigenvalue weighted by molar-refractivity contribution is 5.99. The second kappa shape index (κ2) is 9.58. The molecule has 4 nitrogen and oxygen atoms in total. The van der Waals surface area contributed by atoms with Gasteiger partial charge < -0.3 is 10.5 Å². The predicted molar refractivity (Wildman–Crippen MR) is 123 cm³/mol. The number of benzene rings is 3. The highest BCUT2D eigenvalue weighted by Gasteiger charge is 2.17. The number of hydrazine groups is 1. The summed E-state index contributed by atoms with van der Waals surface area (Å²) in [6.07, 6.45) is 2.78. The summed E-state index contributed by atoms with van der Waals surface area (Å²) in [5, 5.41) is 8.85. The highest BCUT2D eigenvalue weighted by atomic mass is 19.1. The summed E-state index contributed by atoms with van der Waals surface area (Å²) in [7, 11) is 0. The number of carboxylic acid groups (broad SMARTS) is 1. The Morgan fingerprint density at radius 3 is 2.34 bits per heavy atom.